The second kappa shape index (κ2) is 4.69. The van der Waals surface area contributed by atoms with Crippen molar-refractivity contribution in [1.82, 2.24) is 14.8 Å². The van der Waals surface area contributed by atoms with E-state index in [1.807, 2.05) is 6.20 Å². The zero-order valence-corrected chi connectivity index (χ0v) is 10.6. The zero-order chi connectivity index (χ0) is 12.4. The first-order valence-electron chi connectivity index (χ1n) is 6.48. The molecule has 1 aromatic carbocycles. The second-order valence-corrected chi connectivity index (χ2v) is 4.56. The molecule has 0 atom stereocenters. The van der Waals surface area contributed by atoms with Gasteiger partial charge in [-0.2, -0.15) is 5.10 Å². The van der Waals surface area contributed by atoms with Crippen molar-refractivity contribution >= 4 is 10.9 Å². The molecular formula is C15H17N3. The number of aryl methyl sites for hydroxylation is 1. The van der Waals surface area contributed by atoms with Gasteiger partial charge in [0.2, 0.25) is 0 Å². The third kappa shape index (κ3) is 1.92. The summed E-state index contributed by atoms with van der Waals surface area (Å²) in [6, 6.07) is 12.6. The average molecular weight is 239 g/mol. The molecule has 0 unspecified atom stereocenters. The van der Waals surface area contributed by atoms with Crippen LogP contribution in [0.15, 0.2) is 42.6 Å². The fourth-order valence-electron chi connectivity index (χ4n) is 2.26. The number of benzene rings is 1. The lowest BCUT2D eigenvalue weighted by Gasteiger charge is -2.04. The lowest BCUT2D eigenvalue weighted by atomic mass is 10.2. The minimum absolute atomic E-state index is 0.980. The summed E-state index contributed by atoms with van der Waals surface area (Å²) in [6.45, 7) is 3.18. The molecule has 3 heteroatoms. The van der Waals surface area contributed by atoms with Gasteiger partial charge in [-0.3, -0.25) is 4.68 Å². The first-order valence-corrected chi connectivity index (χ1v) is 6.48. The van der Waals surface area contributed by atoms with Crippen molar-refractivity contribution in [2.24, 2.45) is 0 Å². The van der Waals surface area contributed by atoms with Crippen molar-refractivity contribution < 1.29 is 0 Å². The van der Waals surface area contributed by atoms with Gasteiger partial charge in [-0.05, 0) is 24.6 Å². The van der Waals surface area contributed by atoms with Gasteiger partial charge in [0, 0.05) is 23.6 Å². The molecule has 0 bridgehead atoms. The summed E-state index contributed by atoms with van der Waals surface area (Å²) >= 11 is 0. The smallest absolute Gasteiger partial charge is 0.0844 e. The Morgan fingerprint density at radius 3 is 2.94 bits per heavy atom. The van der Waals surface area contributed by atoms with Crippen molar-refractivity contribution in [1.29, 1.82) is 0 Å². The van der Waals surface area contributed by atoms with Gasteiger partial charge < -0.3 is 4.98 Å². The van der Waals surface area contributed by atoms with E-state index in [4.69, 9.17) is 0 Å². The molecule has 0 aliphatic carbocycles. The third-order valence-corrected chi connectivity index (χ3v) is 3.25. The minimum atomic E-state index is 0.980. The van der Waals surface area contributed by atoms with Crippen LogP contribution in [0.1, 0.15) is 19.8 Å². The number of rotatable bonds is 4. The van der Waals surface area contributed by atoms with Crippen molar-refractivity contribution in [3.05, 3.63) is 42.6 Å². The summed E-state index contributed by atoms with van der Waals surface area (Å²) in [5, 5.41) is 5.64. The Labute approximate surface area is 106 Å². The molecule has 0 radical (unpaired) electrons. The number of hydrogen-bond acceptors (Lipinski definition) is 1. The predicted octanol–water partition coefficient (Wildman–Crippen LogP) is 3.83. The molecule has 3 aromatic rings. The molecule has 0 fully saturated rings. The van der Waals surface area contributed by atoms with Crippen molar-refractivity contribution in [2.75, 3.05) is 0 Å². The maximum absolute atomic E-state index is 4.40. The van der Waals surface area contributed by atoms with Gasteiger partial charge in [0.1, 0.15) is 0 Å². The van der Waals surface area contributed by atoms with Gasteiger partial charge in [0.25, 0.3) is 0 Å². The Kier molecular flexibility index (Phi) is 2.89. The van der Waals surface area contributed by atoms with Crippen LogP contribution in [-0.4, -0.2) is 14.8 Å². The van der Waals surface area contributed by atoms with Gasteiger partial charge in [0.05, 0.1) is 11.4 Å². The highest BCUT2D eigenvalue weighted by Gasteiger charge is 2.07. The molecule has 0 saturated carbocycles. The second-order valence-electron chi connectivity index (χ2n) is 4.56. The standard InChI is InChI=1S/C15H17N3/c1-2-3-10-18-15(8-9-16-18)14-11-12-6-4-5-7-13(12)17-14/h4-9,11,17H,2-3,10H2,1H3. The molecule has 0 aliphatic heterocycles. The summed E-state index contributed by atoms with van der Waals surface area (Å²) in [5.41, 5.74) is 3.49. The van der Waals surface area contributed by atoms with Gasteiger partial charge in [-0.1, -0.05) is 31.5 Å². The molecule has 18 heavy (non-hydrogen) atoms. The molecule has 3 nitrogen and oxygen atoms in total. The first-order chi connectivity index (χ1) is 8.88. The average Bonchev–Trinajstić information content (AvgIpc) is 3.01. The van der Waals surface area contributed by atoms with Crippen LogP contribution in [0.2, 0.25) is 0 Å². The largest absolute Gasteiger partial charge is 0.353 e. The molecule has 2 heterocycles. The van der Waals surface area contributed by atoms with Gasteiger partial charge in [0.15, 0.2) is 0 Å². The quantitative estimate of drug-likeness (QED) is 0.737. The molecular weight excluding hydrogens is 222 g/mol. The van der Waals surface area contributed by atoms with E-state index in [1.54, 1.807) is 0 Å². The van der Waals surface area contributed by atoms with Gasteiger partial charge >= 0.3 is 0 Å². The van der Waals surface area contributed by atoms with Crippen LogP contribution < -0.4 is 0 Å². The first kappa shape index (κ1) is 11.1. The van der Waals surface area contributed by atoms with Gasteiger partial charge in [-0.15, -0.1) is 0 Å². The van der Waals surface area contributed by atoms with Crippen molar-refractivity contribution in [3.63, 3.8) is 0 Å². The van der Waals surface area contributed by atoms with E-state index in [-0.39, 0.29) is 0 Å². The van der Waals surface area contributed by atoms with Crippen molar-refractivity contribution in [2.45, 2.75) is 26.3 Å². The van der Waals surface area contributed by atoms with Gasteiger partial charge in [-0.25, -0.2) is 0 Å². The number of hydrogen-bond donors (Lipinski definition) is 1. The number of aromatic amines is 1. The SMILES string of the molecule is CCCCn1nccc1-c1cc2ccccc2[nH]1. The summed E-state index contributed by atoms with van der Waals surface area (Å²) < 4.78 is 2.08. The molecule has 0 spiro atoms. The monoisotopic (exact) mass is 239 g/mol. The van der Waals surface area contributed by atoms with Crippen LogP contribution in [0.4, 0.5) is 0 Å². The molecule has 0 amide bonds. The minimum Gasteiger partial charge on any atom is -0.353 e. The normalized spacial score (nSPS) is 11.2. The van der Waals surface area contributed by atoms with E-state index in [9.17, 15) is 0 Å². The lowest BCUT2D eigenvalue weighted by Crippen LogP contribution is -2.01. The fourth-order valence-corrected chi connectivity index (χ4v) is 2.26. The summed E-state index contributed by atoms with van der Waals surface area (Å²) in [6.07, 6.45) is 4.22. The third-order valence-electron chi connectivity index (χ3n) is 3.25. The highest BCUT2D eigenvalue weighted by molar-refractivity contribution is 5.85. The lowest BCUT2D eigenvalue weighted by molar-refractivity contribution is 0.576. The van der Waals surface area contributed by atoms with E-state index < -0.39 is 0 Å². The highest BCUT2D eigenvalue weighted by atomic mass is 15.3. The van der Waals surface area contributed by atoms with E-state index in [2.05, 4.69) is 58.1 Å². The Balaban J connectivity index is 2.01. The molecule has 2 aromatic heterocycles. The summed E-state index contributed by atoms with van der Waals surface area (Å²) in [7, 11) is 0. The topological polar surface area (TPSA) is 33.6 Å². The van der Waals surface area contributed by atoms with E-state index in [1.165, 1.54) is 23.0 Å². The number of nitrogens with zero attached hydrogens (tertiary/aromatic N) is 2. The molecule has 3 rings (SSSR count). The van der Waals surface area contributed by atoms with Crippen LogP contribution in [0.3, 0.4) is 0 Å². The fraction of sp³-hybridized carbons (Fsp3) is 0.267. The summed E-state index contributed by atoms with van der Waals surface area (Å²) in [4.78, 5) is 3.45. The van der Waals surface area contributed by atoms with E-state index in [0.29, 0.717) is 0 Å². The maximum atomic E-state index is 4.40. The Hall–Kier alpha value is -2.03. The number of unbranched alkanes of at least 4 members (excludes halogenated alkanes) is 1. The molecule has 0 saturated heterocycles. The number of H-pyrrole nitrogens is 1. The van der Waals surface area contributed by atoms with Crippen LogP contribution in [0, 0.1) is 0 Å². The molecule has 92 valence electrons. The summed E-state index contributed by atoms with van der Waals surface area (Å²) in [5.74, 6) is 0. The van der Waals surface area contributed by atoms with Crippen LogP contribution in [-0.2, 0) is 6.54 Å². The van der Waals surface area contributed by atoms with Crippen LogP contribution >= 0.6 is 0 Å². The molecule has 1 N–H and O–H groups in total. The Morgan fingerprint density at radius 2 is 2.11 bits per heavy atom. The Bertz CT molecular complexity index is 615. The van der Waals surface area contributed by atoms with E-state index >= 15 is 0 Å². The number of para-hydroxylation sites is 1. The number of aromatic nitrogens is 3. The maximum Gasteiger partial charge on any atom is 0.0844 e. The number of nitrogens with one attached hydrogen (secondary N) is 1. The predicted molar refractivity (Wildman–Crippen MR) is 74.4 cm³/mol. The Morgan fingerprint density at radius 1 is 1.22 bits per heavy atom. The highest BCUT2D eigenvalue weighted by Crippen LogP contribution is 2.23. The molecule has 0 aliphatic rings. The van der Waals surface area contributed by atoms with E-state index in [0.717, 1.165) is 18.7 Å². The van der Waals surface area contributed by atoms with Crippen molar-refractivity contribution in [3.8, 4) is 11.4 Å². The number of fused-ring (bicyclic) bond motifs is 1. The zero-order valence-electron chi connectivity index (χ0n) is 10.6. The van der Waals surface area contributed by atoms with Crippen LogP contribution in [0.25, 0.3) is 22.3 Å². The van der Waals surface area contributed by atoms with Crippen LogP contribution in [0.5, 0.6) is 0 Å².